The number of alkyl halides is 1. The van der Waals surface area contributed by atoms with Gasteiger partial charge in [-0.05, 0) is 44.2 Å². The minimum Gasteiger partial charge on any atom is -0.507 e. The molecule has 0 bridgehead atoms. The van der Waals surface area contributed by atoms with Gasteiger partial charge in [0.2, 0.25) is 0 Å². The fraction of sp³-hybridized carbons (Fsp3) is 0.533. The van der Waals surface area contributed by atoms with E-state index < -0.39 is 0 Å². The van der Waals surface area contributed by atoms with E-state index in [2.05, 4.69) is 21.2 Å². The number of phenolic OH excluding ortho intramolecular Hbond substituents is 1. The smallest absolute Gasteiger partial charge is 0.255 e. The van der Waals surface area contributed by atoms with Crippen LogP contribution in [0.25, 0.3) is 0 Å². The molecular weight excluding hydrogens is 306 g/mol. The van der Waals surface area contributed by atoms with E-state index in [1.807, 2.05) is 6.92 Å². The Morgan fingerprint density at radius 2 is 2.26 bits per heavy atom. The molecule has 1 aliphatic rings. The van der Waals surface area contributed by atoms with Crippen LogP contribution in [0.5, 0.6) is 5.75 Å². The van der Waals surface area contributed by atoms with Crippen molar-refractivity contribution in [3.8, 4) is 5.75 Å². The van der Waals surface area contributed by atoms with Gasteiger partial charge in [0.05, 0.1) is 5.56 Å². The van der Waals surface area contributed by atoms with Crippen molar-refractivity contribution in [2.24, 2.45) is 5.92 Å². The van der Waals surface area contributed by atoms with E-state index in [1.54, 1.807) is 18.2 Å². The fourth-order valence-electron chi connectivity index (χ4n) is 2.57. The highest BCUT2D eigenvalue weighted by Gasteiger charge is 2.21. The lowest BCUT2D eigenvalue weighted by molar-refractivity contribution is 0.0941. The molecule has 1 fully saturated rings. The molecule has 3 nitrogen and oxygen atoms in total. The van der Waals surface area contributed by atoms with Gasteiger partial charge in [-0.1, -0.05) is 34.0 Å². The standard InChI is InChI=1S/C15H20BrNO2/c1-10-5-6-14(18)13(7-10)15(19)17-9-11-3-2-4-12(16)8-11/h5-7,11-12,18H,2-4,8-9H2,1H3,(H,17,19). The zero-order valence-corrected chi connectivity index (χ0v) is 12.7. The van der Waals surface area contributed by atoms with E-state index in [0.717, 1.165) is 12.0 Å². The summed E-state index contributed by atoms with van der Waals surface area (Å²) in [6.45, 7) is 2.60. The van der Waals surface area contributed by atoms with Crippen molar-refractivity contribution < 1.29 is 9.90 Å². The summed E-state index contributed by atoms with van der Waals surface area (Å²) in [4.78, 5) is 12.6. The lowest BCUT2D eigenvalue weighted by Gasteiger charge is -2.25. The lowest BCUT2D eigenvalue weighted by atomic mass is 9.89. The van der Waals surface area contributed by atoms with Crippen LogP contribution in [0.2, 0.25) is 0 Å². The molecule has 19 heavy (non-hydrogen) atoms. The summed E-state index contributed by atoms with van der Waals surface area (Å²) < 4.78 is 0. The van der Waals surface area contributed by atoms with Crippen LogP contribution < -0.4 is 5.32 Å². The van der Waals surface area contributed by atoms with Crippen LogP contribution in [-0.2, 0) is 0 Å². The molecule has 0 aromatic heterocycles. The number of carbonyl (C=O) groups excluding carboxylic acids is 1. The maximum absolute atomic E-state index is 12.1. The average Bonchev–Trinajstić information content (AvgIpc) is 2.39. The maximum Gasteiger partial charge on any atom is 0.255 e. The fourth-order valence-corrected chi connectivity index (χ4v) is 3.43. The van der Waals surface area contributed by atoms with Crippen LogP contribution in [0.15, 0.2) is 18.2 Å². The van der Waals surface area contributed by atoms with E-state index in [-0.39, 0.29) is 11.7 Å². The zero-order valence-electron chi connectivity index (χ0n) is 11.2. The number of rotatable bonds is 3. The summed E-state index contributed by atoms with van der Waals surface area (Å²) in [7, 11) is 0. The maximum atomic E-state index is 12.1. The number of amides is 1. The molecule has 0 saturated heterocycles. The largest absolute Gasteiger partial charge is 0.507 e. The quantitative estimate of drug-likeness (QED) is 0.837. The summed E-state index contributed by atoms with van der Waals surface area (Å²) in [6.07, 6.45) is 4.72. The number of aromatic hydroxyl groups is 1. The Kier molecular flexibility index (Phi) is 4.86. The molecule has 0 aliphatic heterocycles. The minimum absolute atomic E-state index is 0.0464. The third-order valence-corrected chi connectivity index (χ3v) is 4.50. The molecule has 104 valence electrons. The van der Waals surface area contributed by atoms with Gasteiger partial charge in [-0.15, -0.1) is 0 Å². The van der Waals surface area contributed by atoms with Crippen LogP contribution >= 0.6 is 15.9 Å². The Bertz CT molecular complexity index is 461. The molecule has 2 N–H and O–H groups in total. The van der Waals surface area contributed by atoms with Gasteiger partial charge in [0, 0.05) is 11.4 Å². The van der Waals surface area contributed by atoms with Crippen LogP contribution in [-0.4, -0.2) is 22.4 Å². The first-order valence-electron chi connectivity index (χ1n) is 6.78. The summed E-state index contributed by atoms with van der Waals surface area (Å²) in [5, 5.41) is 12.7. The zero-order chi connectivity index (χ0) is 13.8. The number of phenols is 1. The van der Waals surface area contributed by atoms with Crippen molar-refractivity contribution in [1.82, 2.24) is 5.32 Å². The normalized spacial score (nSPS) is 23.1. The van der Waals surface area contributed by atoms with Gasteiger partial charge in [-0.3, -0.25) is 4.79 Å². The monoisotopic (exact) mass is 325 g/mol. The van der Waals surface area contributed by atoms with Gasteiger partial charge < -0.3 is 10.4 Å². The van der Waals surface area contributed by atoms with Crippen molar-refractivity contribution in [2.75, 3.05) is 6.54 Å². The molecule has 4 heteroatoms. The van der Waals surface area contributed by atoms with E-state index >= 15 is 0 Å². The molecule has 1 aromatic rings. The predicted octanol–water partition coefficient (Wildman–Crippen LogP) is 3.38. The van der Waals surface area contributed by atoms with Crippen molar-refractivity contribution in [3.63, 3.8) is 0 Å². The van der Waals surface area contributed by atoms with E-state index in [1.165, 1.54) is 19.3 Å². The van der Waals surface area contributed by atoms with Crippen molar-refractivity contribution >= 4 is 21.8 Å². The Hall–Kier alpha value is -1.03. The molecule has 1 aliphatic carbocycles. The lowest BCUT2D eigenvalue weighted by Crippen LogP contribution is -2.32. The van der Waals surface area contributed by atoms with Crippen molar-refractivity contribution in [2.45, 2.75) is 37.4 Å². The van der Waals surface area contributed by atoms with Gasteiger partial charge in [-0.25, -0.2) is 0 Å². The summed E-state index contributed by atoms with van der Waals surface area (Å²) >= 11 is 3.65. The van der Waals surface area contributed by atoms with Crippen molar-refractivity contribution in [1.29, 1.82) is 0 Å². The second kappa shape index (κ2) is 6.42. The number of aryl methyl sites for hydroxylation is 1. The Balaban J connectivity index is 1.92. The molecular formula is C15H20BrNO2. The topological polar surface area (TPSA) is 49.3 Å². The molecule has 0 spiro atoms. The number of benzene rings is 1. The highest BCUT2D eigenvalue weighted by Crippen LogP contribution is 2.28. The second-order valence-electron chi connectivity index (χ2n) is 5.36. The Morgan fingerprint density at radius 1 is 1.47 bits per heavy atom. The third kappa shape index (κ3) is 3.96. The third-order valence-electron chi connectivity index (χ3n) is 3.67. The molecule has 1 amide bonds. The second-order valence-corrected chi connectivity index (χ2v) is 6.66. The van der Waals surface area contributed by atoms with Crippen LogP contribution in [0.1, 0.15) is 41.6 Å². The summed E-state index contributed by atoms with van der Waals surface area (Å²) in [5.41, 5.74) is 1.34. The number of hydrogen-bond donors (Lipinski definition) is 2. The van der Waals surface area contributed by atoms with Crippen molar-refractivity contribution in [3.05, 3.63) is 29.3 Å². The molecule has 2 rings (SSSR count). The molecule has 0 heterocycles. The summed E-state index contributed by atoms with van der Waals surface area (Å²) in [5.74, 6) is 0.400. The van der Waals surface area contributed by atoms with Gasteiger partial charge in [-0.2, -0.15) is 0 Å². The predicted molar refractivity (Wildman–Crippen MR) is 79.9 cm³/mol. The van der Waals surface area contributed by atoms with Gasteiger partial charge in [0.15, 0.2) is 0 Å². The molecule has 1 saturated carbocycles. The molecule has 1 aromatic carbocycles. The van der Waals surface area contributed by atoms with E-state index in [0.29, 0.717) is 22.9 Å². The Labute approximate surface area is 122 Å². The highest BCUT2D eigenvalue weighted by molar-refractivity contribution is 9.09. The van der Waals surface area contributed by atoms with Crippen LogP contribution in [0, 0.1) is 12.8 Å². The molecule has 0 radical (unpaired) electrons. The molecule has 2 unspecified atom stereocenters. The first-order chi connectivity index (χ1) is 9.06. The van der Waals surface area contributed by atoms with Crippen LogP contribution in [0.3, 0.4) is 0 Å². The molecule has 2 atom stereocenters. The number of carbonyl (C=O) groups is 1. The Morgan fingerprint density at radius 3 is 3.00 bits per heavy atom. The number of hydrogen-bond acceptors (Lipinski definition) is 2. The highest BCUT2D eigenvalue weighted by atomic mass is 79.9. The number of halogens is 1. The van der Waals surface area contributed by atoms with Gasteiger partial charge in [0.25, 0.3) is 5.91 Å². The first-order valence-corrected chi connectivity index (χ1v) is 7.69. The van der Waals surface area contributed by atoms with Gasteiger partial charge in [0.1, 0.15) is 5.75 Å². The van der Waals surface area contributed by atoms with E-state index in [9.17, 15) is 9.90 Å². The summed E-state index contributed by atoms with van der Waals surface area (Å²) in [6, 6.07) is 5.08. The first kappa shape index (κ1) is 14.4. The number of nitrogens with one attached hydrogen (secondary N) is 1. The van der Waals surface area contributed by atoms with Crippen LogP contribution in [0.4, 0.5) is 0 Å². The minimum atomic E-state index is -0.183. The average molecular weight is 326 g/mol. The SMILES string of the molecule is Cc1ccc(O)c(C(=O)NCC2CCCC(Br)C2)c1. The van der Waals surface area contributed by atoms with Gasteiger partial charge >= 0.3 is 0 Å². The van der Waals surface area contributed by atoms with E-state index in [4.69, 9.17) is 0 Å².